The van der Waals surface area contributed by atoms with Crippen LogP contribution in [0.15, 0.2) is 54.6 Å². The molecular weight excluding hydrogens is 297 g/mol. The molecule has 23 heavy (non-hydrogen) atoms. The Morgan fingerprint density at radius 3 is 2.61 bits per heavy atom. The summed E-state index contributed by atoms with van der Waals surface area (Å²) in [6, 6.07) is 12.9. The van der Waals surface area contributed by atoms with Gasteiger partial charge in [-0.15, -0.1) is 0 Å². The molecule has 0 bridgehead atoms. The third-order valence-corrected chi connectivity index (χ3v) is 2.93. The summed E-state index contributed by atoms with van der Waals surface area (Å²) >= 11 is 0. The highest BCUT2D eigenvalue weighted by atomic mass is 19.1. The lowest BCUT2D eigenvalue weighted by Crippen LogP contribution is -2.20. The first-order chi connectivity index (χ1) is 11.0. The number of aryl methyl sites for hydroxylation is 1. The minimum Gasteiger partial charge on any atom is -0.452 e. The first kappa shape index (κ1) is 16.4. The maximum atomic E-state index is 12.7. The van der Waals surface area contributed by atoms with Crippen molar-refractivity contribution in [3.63, 3.8) is 0 Å². The largest absolute Gasteiger partial charge is 0.452 e. The third kappa shape index (κ3) is 5.74. The monoisotopic (exact) mass is 313 g/mol. The van der Waals surface area contributed by atoms with E-state index in [9.17, 15) is 14.0 Å². The number of benzene rings is 2. The van der Waals surface area contributed by atoms with Crippen LogP contribution < -0.4 is 5.32 Å². The fourth-order valence-electron chi connectivity index (χ4n) is 1.85. The number of carbonyl (C=O) groups excluding carboxylic acids is 2. The zero-order valence-corrected chi connectivity index (χ0v) is 12.6. The van der Waals surface area contributed by atoms with Crippen molar-refractivity contribution in [1.82, 2.24) is 0 Å². The van der Waals surface area contributed by atoms with Crippen molar-refractivity contribution in [2.45, 2.75) is 6.92 Å². The van der Waals surface area contributed by atoms with Crippen LogP contribution in [0.1, 0.15) is 11.1 Å². The van der Waals surface area contributed by atoms with Gasteiger partial charge in [0.25, 0.3) is 5.91 Å². The van der Waals surface area contributed by atoms with Gasteiger partial charge in [0, 0.05) is 11.8 Å². The normalized spacial score (nSPS) is 10.5. The Hall–Kier alpha value is -2.95. The van der Waals surface area contributed by atoms with Gasteiger partial charge in [-0.2, -0.15) is 0 Å². The molecule has 0 spiro atoms. The van der Waals surface area contributed by atoms with Crippen LogP contribution in [-0.2, 0) is 14.3 Å². The standard InChI is InChI=1S/C18H16FNO3/c1-13-3-2-4-14(11-13)5-10-18(22)23-12-17(21)20-16-8-6-15(19)7-9-16/h2-11H,12H2,1H3,(H,20,21)/b10-5+. The lowest BCUT2D eigenvalue weighted by atomic mass is 10.1. The molecule has 5 heteroatoms. The summed E-state index contributed by atoms with van der Waals surface area (Å²) in [5.74, 6) is -1.50. The van der Waals surface area contributed by atoms with Gasteiger partial charge in [0.15, 0.2) is 6.61 Å². The number of anilines is 1. The summed E-state index contributed by atoms with van der Waals surface area (Å²) in [5.41, 5.74) is 2.39. The highest BCUT2D eigenvalue weighted by Gasteiger charge is 2.05. The van der Waals surface area contributed by atoms with Crippen molar-refractivity contribution in [2.24, 2.45) is 0 Å². The van der Waals surface area contributed by atoms with Gasteiger partial charge in [-0.05, 0) is 42.8 Å². The maximum Gasteiger partial charge on any atom is 0.331 e. The number of halogens is 1. The molecule has 1 N–H and O–H groups in total. The predicted molar refractivity (Wildman–Crippen MR) is 86.2 cm³/mol. The van der Waals surface area contributed by atoms with Crippen LogP contribution in [0.25, 0.3) is 6.08 Å². The fourth-order valence-corrected chi connectivity index (χ4v) is 1.85. The van der Waals surface area contributed by atoms with Crippen molar-refractivity contribution in [1.29, 1.82) is 0 Å². The van der Waals surface area contributed by atoms with Crippen molar-refractivity contribution < 1.29 is 18.7 Å². The number of ether oxygens (including phenoxy) is 1. The molecule has 0 heterocycles. The highest BCUT2D eigenvalue weighted by molar-refractivity contribution is 5.94. The Bertz CT molecular complexity index is 723. The maximum absolute atomic E-state index is 12.7. The molecule has 0 aliphatic carbocycles. The topological polar surface area (TPSA) is 55.4 Å². The Morgan fingerprint density at radius 1 is 1.17 bits per heavy atom. The van der Waals surface area contributed by atoms with E-state index in [1.807, 2.05) is 31.2 Å². The number of rotatable bonds is 5. The average Bonchev–Trinajstić information content (AvgIpc) is 2.53. The Kier molecular flexibility index (Phi) is 5.63. The molecule has 0 saturated heterocycles. The Labute approximate surface area is 133 Å². The van der Waals surface area contributed by atoms with E-state index in [4.69, 9.17) is 4.74 Å². The van der Waals surface area contributed by atoms with Crippen LogP contribution in [0.2, 0.25) is 0 Å². The van der Waals surface area contributed by atoms with Gasteiger partial charge in [-0.1, -0.05) is 29.8 Å². The van der Waals surface area contributed by atoms with Gasteiger partial charge in [-0.25, -0.2) is 9.18 Å². The molecule has 0 atom stereocenters. The summed E-state index contributed by atoms with van der Waals surface area (Å²) < 4.78 is 17.6. The molecular formula is C18H16FNO3. The van der Waals surface area contributed by atoms with E-state index in [0.29, 0.717) is 5.69 Å². The van der Waals surface area contributed by atoms with E-state index in [2.05, 4.69) is 5.32 Å². The molecule has 2 rings (SSSR count). The molecule has 2 aromatic rings. The number of nitrogens with one attached hydrogen (secondary N) is 1. The number of esters is 1. The highest BCUT2D eigenvalue weighted by Crippen LogP contribution is 2.08. The lowest BCUT2D eigenvalue weighted by Gasteiger charge is -2.05. The molecule has 4 nitrogen and oxygen atoms in total. The van der Waals surface area contributed by atoms with E-state index in [-0.39, 0.29) is 0 Å². The molecule has 0 aliphatic heterocycles. The molecule has 0 unspecified atom stereocenters. The van der Waals surface area contributed by atoms with Gasteiger partial charge in [0.05, 0.1) is 0 Å². The van der Waals surface area contributed by atoms with E-state index in [0.717, 1.165) is 11.1 Å². The predicted octanol–water partition coefficient (Wildman–Crippen LogP) is 3.33. The minimum absolute atomic E-state index is 0.393. The Morgan fingerprint density at radius 2 is 1.91 bits per heavy atom. The van der Waals surface area contributed by atoms with Crippen LogP contribution in [0.3, 0.4) is 0 Å². The molecule has 2 aromatic carbocycles. The van der Waals surface area contributed by atoms with E-state index in [1.165, 1.54) is 30.3 Å². The van der Waals surface area contributed by atoms with Crippen molar-refractivity contribution in [2.75, 3.05) is 11.9 Å². The molecule has 0 radical (unpaired) electrons. The number of hydrogen-bond donors (Lipinski definition) is 1. The average molecular weight is 313 g/mol. The van der Waals surface area contributed by atoms with Crippen LogP contribution in [0, 0.1) is 12.7 Å². The first-order valence-corrected chi connectivity index (χ1v) is 7.00. The minimum atomic E-state index is -0.610. The Balaban J connectivity index is 1.79. The smallest absolute Gasteiger partial charge is 0.331 e. The summed E-state index contributed by atoms with van der Waals surface area (Å²) in [7, 11) is 0. The number of amides is 1. The fraction of sp³-hybridized carbons (Fsp3) is 0.111. The number of carbonyl (C=O) groups is 2. The zero-order chi connectivity index (χ0) is 16.7. The van der Waals surface area contributed by atoms with Crippen LogP contribution in [-0.4, -0.2) is 18.5 Å². The quantitative estimate of drug-likeness (QED) is 0.680. The second-order valence-electron chi connectivity index (χ2n) is 4.91. The number of hydrogen-bond acceptors (Lipinski definition) is 3. The van der Waals surface area contributed by atoms with Gasteiger partial charge in [0.2, 0.25) is 0 Å². The van der Waals surface area contributed by atoms with Crippen LogP contribution in [0.4, 0.5) is 10.1 Å². The van der Waals surface area contributed by atoms with Gasteiger partial charge in [-0.3, -0.25) is 4.79 Å². The SMILES string of the molecule is Cc1cccc(/C=C/C(=O)OCC(=O)Nc2ccc(F)cc2)c1. The zero-order valence-electron chi connectivity index (χ0n) is 12.6. The first-order valence-electron chi connectivity index (χ1n) is 7.00. The molecule has 0 aliphatic rings. The second-order valence-corrected chi connectivity index (χ2v) is 4.91. The van der Waals surface area contributed by atoms with Crippen molar-refractivity contribution >= 4 is 23.6 Å². The van der Waals surface area contributed by atoms with E-state index in [1.54, 1.807) is 6.08 Å². The second kappa shape index (κ2) is 7.89. The molecule has 0 saturated carbocycles. The molecule has 0 aromatic heterocycles. The summed E-state index contributed by atoms with van der Waals surface area (Å²) in [5, 5.41) is 2.50. The van der Waals surface area contributed by atoms with Crippen LogP contribution in [0.5, 0.6) is 0 Å². The van der Waals surface area contributed by atoms with Crippen molar-refractivity contribution in [3.8, 4) is 0 Å². The molecule has 1 amide bonds. The molecule has 0 fully saturated rings. The van der Waals surface area contributed by atoms with Crippen molar-refractivity contribution in [3.05, 3.63) is 71.6 Å². The van der Waals surface area contributed by atoms with Crippen LogP contribution >= 0.6 is 0 Å². The van der Waals surface area contributed by atoms with Gasteiger partial charge < -0.3 is 10.1 Å². The lowest BCUT2D eigenvalue weighted by molar-refractivity contribution is -0.142. The van der Waals surface area contributed by atoms with E-state index >= 15 is 0 Å². The van der Waals surface area contributed by atoms with E-state index < -0.39 is 24.3 Å². The summed E-state index contributed by atoms with van der Waals surface area (Å²) in [6.07, 6.45) is 2.88. The van der Waals surface area contributed by atoms with Gasteiger partial charge in [0.1, 0.15) is 5.82 Å². The summed E-state index contributed by atoms with van der Waals surface area (Å²) in [6.45, 7) is 1.55. The third-order valence-electron chi connectivity index (χ3n) is 2.93. The molecule has 118 valence electrons. The summed E-state index contributed by atoms with van der Waals surface area (Å²) in [4.78, 5) is 23.2. The van der Waals surface area contributed by atoms with Gasteiger partial charge >= 0.3 is 5.97 Å².